The van der Waals surface area contributed by atoms with Crippen molar-refractivity contribution in [3.63, 3.8) is 0 Å². The van der Waals surface area contributed by atoms with Gasteiger partial charge < -0.3 is 15.1 Å². The highest BCUT2D eigenvalue weighted by Gasteiger charge is 2.26. The maximum Gasteiger partial charge on any atom is 0.137 e. The first-order chi connectivity index (χ1) is 8.75. The predicted octanol–water partition coefficient (Wildman–Crippen LogP) is 0.263. The van der Waals surface area contributed by atoms with E-state index in [1.54, 1.807) is 6.33 Å². The van der Waals surface area contributed by atoms with Crippen LogP contribution in [0.5, 0.6) is 0 Å². The molecule has 98 valence electrons. The van der Waals surface area contributed by atoms with Gasteiger partial charge in [0.15, 0.2) is 0 Å². The predicted molar refractivity (Wildman–Crippen MR) is 71.7 cm³/mol. The molecule has 1 aromatic heterocycles. The molecule has 0 saturated carbocycles. The highest BCUT2D eigenvalue weighted by atomic mass is 15.3. The minimum atomic E-state index is 0.518. The SMILES string of the molecule is CC1CN(C)CCN1c1ncnc2c1CNCC2. The molecule has 0 aliphatic carbocycles. The van der Waals surface area contributed by atoms with E-state index in [9.17, 15) is 0 Å². The Balaban J connectivity index is 1.92. The summed E-state index contributed by atoms with van der Waals surface area (Å²) in [7, 11) is 2.19. The maximum absolute atomic E-state index is 4.55. The molecule has 2 aliphatic heterocycles. The van der Waals surface area contributed by atoms with Gasteiger partial charge in [0.1, 0.15) is 12.1 Å². The van der Waals surface area contributed by atoms with Crippen molar-refractivity contribution in [3.8, 4) is 0 Å². The van der Waals surface area contributed by atoms with Crippen molar-refractivity contribution in [3.05, 3.63) is 17.6 Å². The van der Waals surface area contributed by atoms with E-state index < -0.39 is 0 Å². The fourth-order valence-corrected chi connectivity index (χ4v) is 2.96. The second-order valence-corrected chi connectivity index (χ2v) is 5.35. The number of rotatable bonds is 1. The number of piperazine rings is 1. The lowest BCUT2D eigenvalue weighted by molar-refractivity contribution is 0.274. The van der Waals surface area contributed by atoms with Crippen molar-refractivity contribution in [1.29, 1.82) is 0 Å². The van der Waals surface area contributed by atoms with E-state index in [0.717, 1.165) is 45.0 Å². The first-order valence-corrected chi connectivity index (χ1v) is 6.74. The van der Waals surface area contributed by atoms with Gasteiger partial charge in [-0.1, -0.05) is 0 Å². The topological polar surface area (TPSA) is 44.3 Å². The molecule has 1 N–H and O–H groups in total. The third kappa shape index (κ3) is 2.08. The molecule has 1 unspecified atom stereocenters. The average molecular weight is 247 g/mol. The van der Waals surface area contributed by atoms with Crippen molar-refractivity contribution in [2.24, 2.45) is 0 Å². The zero-order valence-electron chi connectivity index (χ0n) is 11.2. The van der Waals surface area contributed by atoms with Crippen LogP contribution in [-0.2, 0) is 13.0 Å². The minimum Gasteiger partial charge on any atom is -0.351 e. The summed E-state index contributed by atoms with van der Waals surface area (Å²) in [6.07, 6.45) is 2.75. The van der Waals surface area contributed by atoms with E-state index >= 15 is 0 Å². The first-order valence-electron chi connectivity index (χ1n) is 6.74. The van der Waals surface area contributed by atoms with Crippen molar-refractivity contribution in [1.82, 2.24) is 20.2 Å². The van der Waals surface area contributed by atoms with Crippen LogP contribution in [0.4, 0.5) is 5.82 Å². The number of hydrogen-bond donors (Lipinski definition) is 1. The molecule has 0 spiro atoms. The molecular formula is C13H21N5. The van der Waals surface area contributed by atoms with Gasteiger partial charge in [-0.05, 0) is 14.0 Å². The van der Waals surface area contributed by atoms with Gasteiger partial charge in [0, 0.05) is 50.7 Å². The van der Waals surface area contributed by atoms with Gasteiger partial charge in [0.25, 0.3) is 0 Å². The number of nitrogens with one attached hydrogen (secondary N) is 1. The molecule has 2 aliphatic rings. The third-order valence-corrected chi connectivity index (χ3v) is 3.95. The fraction of sp³-hybridized carbons (Fsp3) is 0.692. The summed E-state index contributed by atoms with van der Waals surface area (Å²) < 4.78 is 0. The summed E-state index contributed by atoms with van der Waals surface area (Å²) >= 11 is 0. The number of aromatic nitrogens is 2. The molecule has 1 saturated heterocycles. The van der Waals surface area contributed by atoms with Crippen molar-refractivity contribution in [2.45, 2.75) is 25.9 Å². The molecule has 0 radical (unpaired) electrons. The van der Waals surface area contributed by atoms with Gasteiger partial charge in [-0.3, -0.25) is 0 Å². The monoisotopic (exact) mass is 247 g/mol. The fourth-order valence-electron chi connectivity index (χ4n) is 2.96. The lowest BCUT2D eigenvalue weighted by atomic mass is 10.1. The van der Waals surface area contributed by atoms with Crippen LogP contribution in [0.15, 0.2) is 6.33 Å². The molecule has 0 amide bonds. The number of hydrogen-bond acceptors (Lipinski definition) is 5. The first kappa shape index (κ1) is 11.9. The van der Waals surface area contributed by atoms with Gasteiger partial charge in [0.2, 0.25) is 0 Å². The van der Waals surface area contributed by atoms with Gasteiger partial charge in [-0.2, -0.15) is 0 Å². The zero-order chi connectivity index (χ0) is 12.5. The molecule has 0 aromatic carbocycles. The molecular weight excluding hydrogens is 226 g/mol. The van der Waals surface area contributed by atoms with Crippen molar-refractivity contribution < 1.29 is 0 Å². The smallest absolute Gasteiger partial charge is 0.137 e. The second-order valence-electron chi connectivity index (χ2n) is 5.35. The normalized spacial score (nSPS) is 25.0. The highest BCUT2D eigenvalue weighted by molar-refractivity contribution is 5.50. The van der Waals surface area contributed by atoms with E-state index in [1.165, 1.54) is 11.3 Å². The Kier molecular flexibility index (Phi) is 3.18. The van der Waals surface area contributed by atoms with E-state index in [2.05, 4.69) is 39.1 Å². The van der Waals surface area contributed by atoms with Crippen LogP contribution < -0.4 is 10.2 Å². The number of nitrogens with zero attached hydrogens (tertiary/aromatic N) is 4. The van der Waals surface area contributed by atoms with Gasteiger partial charge >= 0.3 is 0 Å². The molecule has 1 fully saturated rings. The number of anilines is 1. The van der Waals surface area contributed by atoms with Crippen LogP contribution in [-0.4, -0.2) is 54.1 Å². The van der Waals surface area contributed by atoms with Gasteiger partial charge in [0.05, 0.1) is 5.69 Å². The molecule has 1 aromatic rings. The molecule has 5 heteroatoms. The van der Waals surface area contributed by atoms with Crippen LogP contribution >= 0.6 is 0 Å². The summed E-state index contributed by atoms with van der Waals surface area (Å²) in [5, 5.41) is 3.43. The third-order valence-electron chi connectivity index (χ3n) is 3.95. The molecule has 18 heavy (non-hydrogen) atoms. The van der Waals surface area contributed by atoms with Crippen LogP contribution in [0, 0.1) is 0 Å². The highest BCUT2D eigenvalue weighted by Crippen LogP contribution is 2.25. The lowest BCUT2D eigenvalue weighted by Crippen LogP contribution is -2.51. The largest absolute Gasteiger partial charge is 0.351 e. The standard InChI is InChI=1S/C13H21N5/c1-10-8-17(2)5-6-18(10)13-11-7-14-4-3-12(11)15-9-16-13/h9-10,14H,3-8H2,1-2H3. The molecule has 5 nitrogen and oxygen atoms in total. The van der Waals surface area contributed by atoms with Crippen molar-refractivity contribution in [2.75, 3.05) is 38.1 Å². The van der Waals surface area contributed by atoms with Crippen LogP contribution in [0.3, 0.4) is 0 Å². The Morgan fingerprint density at radius 1 is 1.33 bits per heavy atom. The summed E-state index contributed by atoms with van der Waals surface area (Å²) in [5.41, 5.74) is 2.53. The summed E-state index contributed by atoms with van der Waals surface area (Å²) in [6, 6.07) is 0.518. The van der Waals surface area contributed by atoms with E-state index in [0.29, 0.717) is 6.04 Å². The second kappa shape index (κ2) is 4.82. The molecule has 3 heterocycles. The minimum absolute atomic E-state index is 0.518. The Morgan fingerprint density at radius 3 is 3.06 bits per heavy atom. The van der Waals surface area contributed by atoms with Gasteiger partial charge in [-0.25, -0.2) is 9.97 Å². The number of likely N-dealkylation sites (N-methyl/N-ethyl adjacent to an activating group) is 1. The Bertz CT molecular complexity index is 433. The summed E-state index contributed by atoms with van der Waals surface area (Å²) in [6.45, 7) is 7.48. The molecule has 1 atom stereocenters. The number of fused-ring (bicyclic) bond motifs is 1. The van der Waals surface area contributed by atoms with Gasteiger partial charge in [-0.15, -0.1) is 0 Å². The Morgan fingerprint density at radius 2 is 2.22 bits per heavy atom. The molecule has 3 rings (SSSR count). The van der Waals surface area contributed by atoms with E-state index in [4.69, 9.17) is 0 Å². The van der Waals surface area contributed by atoms with Crippen LogP contribution in [0.2, 0.25) is 0 Å². The van der Waals surface area contributed by atoms with Crippen molar-refractivity contribution >= 4 is 5.82 Å². The lowest BCUT2D eigenvalue weighted by Gasteiger charge is -2.40. The van der Waals surface area contributed by atoms with E-state index in [-0.39, 0.29) is 0 Å². The zero-order valence-corrected chi connectivity index (χ0v) is 11.2. The Labute approximate surface area is 108 Å². The van der Waals surface area contributed by atoms with Crippen LogP contribution in [0.1, 0.15) is 18.2 Å². The summed E-state index contributed by atoms with van der Waals surface area (Å²) in [4.78, 5) is 13.8. The average Bonchev–Trinajstić information content (AvgIpc) is 2.38. The molecule has 0 bridgehead atoms. The maximum atomic E-state index is 4.55. The Hall–Kier alpha value is -1.20. The van der Waals surface area contributed by atoms with Crippen LogP contribution in [0.25, 0.3) is 0 Å². The van der Waals surface area contributed by atoms with E-state index in [1.807, 2.05) is 0 Å². The quantitative estimate of drug-likeness (QED) is 0.771. The summed E-state index contributed by atoms with van der Waals surface area (Å²) in [5.74, 6) is 1.15.